The van der Waals surface area contributed by atoms with Crippen LogP contribution in [0.25, 0.3) is 0 Å². The topological polar surface area (TPSA) is 29.0 Å². The van der Waals surface area contributed by atoms with Gasteiger partial charge in [0.1, 0.15) is 0 Å². The Morgan fingerprint density at radius 1 is 1.05 bits per heavy atom. The second-order valence-electron chi connectivity index (χ2n) is 5.58. The molecule has 0 aliphatic heterocycles. The van der Waals surface area contributed by atoms with Crippen molar-refractivity contribution < 1.29 is 0 Å². The highest BCUT2D eigenvalue weighted by Crippen LogP contribution is 2.27. The number of aromatic nitrogens is 2. The number of hydrogen-bond acceptors (Lipinski definition) is 3. The molecular weight excluding hydrogens is 258 g/mol. The fraction of sp³-hybridized carbons (Fsp3) is 0.733. The molecule has 0 aliphatic carbocycles. The largest absolute Gasteiger partial charge is 0.352 e. The molecule has 0 unspecified atom stereocenters. The van der Waals surface area contributed by atoms with Crippen molar-refractivity contribution in [3.05, 3.63) is 16.3 Å². The Bertz CT molecular complexity index is 414. The molecule has 0 radical (unpaired) electrons. The average Bonchev–Trinajstić information content (AvgIpc) is 2.36. The smallest absolute Gasteiger partial charge is 0.155 e. The van der Waals surface area contributed by atoms with Crippen LogP contribution in [0.2, 0.25) is 5.15 Å². The van der Waals surface area contributed by atoms with E-state index in [1.165, 1.54) is 0 Å². The van der Waals surface area contributed by atoms with Crippen molar-refractivity contribution in [3.8, 4) is 0 Å². The number of halogens is 1. The van der Waals surface area contributed by atoms with Gasteiger partial charge in [-0.1, -0.05) is 39.3 Å². The van der Waals surface area contributed by atoms with E-state index in [0.717, 1.165) is 36.3 Å². The van der Waals surface area contributed by atoms with E-state index in [9.17, 15) is 0 Å². The van der Waals surface area contributed by atoms with Crippen molar-refractivity contribution in [1.82, 2.24) is 10.2 Å². The Morgan fingerprint density at radius 2 is 1.63 bits per heavy atom. The molecular formula is C15H26ClN3. The van der Waals surface area contributed by atoms with Gasteiger partial charge in [0.2, 0.25) is 0 Å². The Kier molecular flexibility index (Phi) is 6.05. The van der Waals surface area contributed by atoms with Crippen molar-refractivity contribution in [2.24, 2.45) is 5.92 Å². The minimum absolute atomic E-state index is 0.510. The molecule has 0 saturated carbocycles. The number of hydrogen-bond donors (Lipinski definition) is 0. The van der Waals surface area contributed by atoms with E-state index in [1.54, 1.807) is 0 Å². The van der Waals surface area contributed by atoms with E-state index in [0.29, 0.717) is 17.1 Å². The molecule has 0 saturated heterocycles. The molecule has 0 atom stereocenters. The van der Waals surface area contributed by atoms with Crippen LogP contribution in [0, 0.1) is 19.8 Å². The summed E-state index contributed by atoms with van der Waals surface area (Å²) in [6.07, 6.45) is 2.23. The molecule has 0 bridgehead atoms. The zero-order chi connectivity index (χ0) is 14.6. The Balaban J connectivity index is 3.20. The Labute approximate surface area is 122 Å². The van der Waals surface area contributed by atoms with E-state index in [4.69, 9.17) is 11.6 Å². The fourth-order valence-electron chi connectivity index (χ4n) is 2.37. The summed E-state index contributed by atoms with van der Waals surface area (Å²) in [4.78, 5) is 2.40. The quantitative estimate of drug-likeness (QED) is 0.775. The minimum atomic E-state index is 0.510. The zero-order valence-electron chi connectivity index (χ0n) is 13.0. The van der Waals surface area contributed by atoms with Gasteiger partial charge in [-0.15, -0.1) is 10.2 Å². The van der Waals surface area contributed by atoms with Crippen LogP contribution in [0.15, 0.2) is 0 Å². The lowest BCUT2D eigenvalue weighted by molar-refractivity contribution is 0.500. The lowest BCUT2D eigenvalue weighted by Gasteiger charge is -2.34. The van der Waals surface area contributed by atoms with E-state index in [-0.39, 0.29) is 0 Å². The third kappa shape index (κ3) is 3.82. The second kappa shape index (κ2) is 7.09. The molecule has 0 spiro atoms. The van der Waals surface area contributed by atoms with Gasteiger partial charge in [0, 0.05) is 12.6 Å². The standard InChI is InChI=1S/C15H26ClN3/c1-7-13(8-2)19(9-10(3)4)15-12(6)11(5)14(16)17-18-15/h10,13H,7-9H2,1-6H3. The SMILES string of the molecule is CCC(CC)N(CC(C)C)c1nnc(Cl)c(C)c1C. The normalized spacial score (nSPS) is 11.4. The van der Waals surface area contributed by atoms with Crippen LogP contribution < -0.4 is 4.90 Å². The van der Waals surface area contributed by atoms with Crippen molar-refractivity contribution >= 4 is 17.4 Å². The van der Waals surface area contributed by atoms with E-state index in [2.05, 4.69) is 49.7 Å². The summed E-state index contributed by atoms with van der Waals surface area (Å²) in [7, 11) is 0. The van der Waals surface area contributed by atoms with Crippen molar-refractivity contribution in [1.29, 1.82) is 0 Å². The maximum atomic E-state index is 6.05. The molecule has 0 fully saturated rings. The van der Waals surface area contributed by atoms with Gasteiger partial charge in [0.25, 0.3) is 0 Å². The first kappa shape index (κ1) is 16.2. The van der Waals surface area contributed by atoms with Gasteiger partial charge in [-0.2, -0.15) is 0 Å². The van der Waals surface area contributed by atoms with Crippen LogP contribution in [0.1, 0.15) is 51.7 Å². The predicted octanol–water partition coefficient (Wildman–Crippen LogP) is 4.40. The molecule has 1 aromatic heterocycles. The van der Waals surface area contributed by atoms with Crippen LogP contribution in [0.3, 0.4) is 0 Å². The number of anilines is 1. The van der Waals surface area contributed by atoms with Gasteiger partial charge in [-0.3, -0.25) is 0 Å². The summed E-state index contributed by atoms with van der Waals surface area (Å²) in [5, 5.41) is 8.95. The van der Waals surface area contributed by atoms with E-state index < -0.39 is 0 Å². The second-order valence-corrected chi connectivity index (χ2v) is 5.94. The lowest BCUT2D eigenvalue weighted by Crippen LogP contribution is -2.38. The fourth-order valence-corrected chi connectivity index (χ4v) is 2.55. The zero-order valence-corrected chi connectivity index (χ0v) is 13.8. The summed E-state index contributed by atoms with van der Waals surface area (Å²) in [5.74, 6) is 1.59. The van der Waals surface area contributed by atoms with Gasteiger partial charge in [0.05, 0.1) is 0 Å². The van der Waals surface area contributed by atoms with Crippen molar-refractivity contribution in [2.75, 3.05) is 11.4 Å². The monoisotopic (exact) mass is 283 g/mol. The number of nitrogens with zero attached hydrogens (tertiary/aromatic N) is 3. The lowest BCUT2D eigenvalue weighted by atomic mass is 10.1. The van der Waals surface area contributed by atoms with Gasteiger partial charge >= 0.3 is 0 Å². The maximum absolute atomic E-state index is 6.05. The molecule has 19 heavy (non-hydrogen) atoms. The van der Waals surface area contributed by atoms with Gasteiger partial charge < -0.3 is 4.90 Å². The van der Waals surface area contributed by atoms with E-state index >= 15 is 0 Å². The van der Waals surface area contributed by atoms with Gasteiger partial charge in [-0.05, 0) is 43.7 Å². The first-order valence-electron chi connectivity index (χ1n) is 7.18. The summed E-state index contributed by atoms with van der Waals surface area (Å²) in [6, 6.07) is 0.510. The van der Waals surface area contributed by atoms with Crippen molar-refractivity contribution in [2.45, 2.75) is 60.4 Å². The maximum Gasteiger partial charge on any atom is 0.155 e. The average molecular weight is 284 g/mol. The molecule has 1 aromatic rings. The van der Waals surface area contributed by atoms with Gasteiger partial charge in [0.15, 0.2) is 11.0 Å². The summed E-state index contributed by atoms with van der Waals surface area (Å²) in [6.45, 7) is 14.0. The summed E-state index contributed by atoms with van der Waals surface area (Å²) in [5.41, 5.74) is 2.18. The van der Waals surface area contributed by atoms with Crippen LogP contribution in [-0.4, -0.2) is 22.8 Å². The first-order valence-corrected chi connectivity index (χ1v) is 7.56. The predicted molar refractivity (Wildman–Crippen MR) is 83.1 cm³/mol. The molecule has 108 valence electrons. The highest BCUT2D eigenvalue weighted by molar-refractivity contribution is 6.30. The van der Waals surface area contributed by atoms with Crippen molar-refractivity contribution in [3.63, 3.8) is 0 Å². The molecule has 0 aromatic carbocycles. The molecule has 0 N–H and O–H groups in total. The van der Waals surface area contributed by atoms with Gasteiger partial charge in [-0.25, -0.2) is 0 Å². The molecule has 0 aliphatic rings. The molecule has 0 amide bonds. The van der Waals surface area contributed by atoms with Crippen LogP contribution in [0.4, 0.5) is 5.82 Å². The van der Waals surface area contributed by atoms with E-state index in [1.807, 2.05) is 6.92 Å². The summed E-state index contributed by atoms with van der Waals surface area (Å²) >= 11 is 6.05. The summed E-state index contributed by atoms with van der Waals surface area (Å²) < 4.78 is 0. The molecule has 1 rings (SSSR count). The molecule has 1 heterocycles. The number of rotatable bonds is 6. The third-order valence-electron chi connectivity index (χ3n) is 3.66. The Morgan fingerprint density at radius 3 is 2.11 bits per heavy atom. The third-order valence-corrected chi connectivity index (χ3v) is 4.02. The Hall–Kier alpha value is -0.830. The van der Waals surface area contributed by atoms with Crippen LogP contribution in [0.5, 0.6) is 0 Å². The molecule has 3 nitrogen and oxygen atoms in total. The minimum Gasteiger partial charge on any atom is -0.352 e. The highest BCUT2D eigenvalue weighted by Gasteiger charge is 2.21. The first-order chi connectivity index (χ1) is 8.92. The van der Waals surface area contributed by atoms with Crippen LogP contribution in [-0.2, 0) is 0 Å². The van der Waals surface area contributed by atoms with Crippen LogP contribution >= 0.6 is 11.6 Å². The molecule has 4 heteroatoms. The highest BCUT2D eigenvalue weighted by atomic mass is 35.5.